The van der Waals surface area contributed by atoms with Gasteiger partial charge in [-0.1, -0.05) is 0 Å². The first-order valence-electron chi connectivity index (χ1n) is 4.50. The van der Waals surface area contributed by atoms with Gasteiger partial charge in [-0.05, 0) is 13.2 Å². The molecule has 2 heterocycles. The molecule has 0 aliphatic rings. The molecule has 3 N–H and O–H groups in total. The van der Waals surface area contributed by atoms with E-state index in [0.717, 1.165) is 0 Å². The maximum absolute atomic E-state index is 11.6. The van der Waals surface area contributed by atoms with Crippen molar-refractivity contribution in [3.8, 4) is 0 Å². The first-order valence-corrected chi connectivity index (χ1v) is 5.73. The number of aromatic amines is 1. The Hall–Kier alpha value is -1.76. The minimum atomic E-state index is -0.597. The number of fused-ring (bicyclic) bond motifs is 1. The Balaban J connectivity index is 2.95. The van der Waals surface area contributed by atoms with E-state index in [1.807, 2.05) is 0 Å². The lowest BCUT2D eigenvalue weighted by molar-refractivity contribution is 0.0999. The van der Waals surface area contributed by atoms with Crippen LogP contribution in [0.4, 0.5) is 0 Å². The molecule has 1 amide bonds. The van der Waals surface area contributed by atoms with Crippen molar-refractivity contribution in [1.82, 2.24) is 14.6 Å². The molecule has 0 aliphatic heterocycles. The van der Waals surface area contributed by atoms with Gasteiger partial charge in [0.25, 0.3) is 11.5 Å². The average molecular weight is 238 g/mol. The van der Waals surface area contributed by atoms with Crippen LogP contribution in [0.3, 0.4) is 0 Å². The first-order chi connectivity index (χ1) is 7.54. The van der Waals surface area contributed by atoms with Gasteiger partial charge in [-0.25, -0.2) is 4.98 Å². The fourth-order valence-corrected chi connectivity index (χ4v) is 2.08. The van der Waals surface area contributed by atoms with Crippen molar-refractivity contribution in [1.29, 1.82) is 0 Å². The number of hydrogen-bond acceptors (Lipinski definition) is 4. The molecule has 0 fully saturated rings. The van der Waals surface area contributed by atoms with Gasteiger partial charge in [-0.2, -0.15) is 4.52 Å². The number of aryl methyl sites for hydroxylation is 1. The van der Waals surface area contributed by atoms with E-state index in [2.05, 4.69) is 10.1 Å². The van der Waals surface area contributed by atoms with Crippen molar-refractivity contribution < 1.29 is 4.79 Å². The van der Waals surface area contributed by atoms with E-state index >= 15 is 0 Å². The highest BCUT2D eigenvalue weighted by molar-refractivity contribution is 7.98. The lowest BCUT2D eigenvalue weighted by Gasteiger charge is -1.95. The number of nitrogens with zero attached hydrogens (tertiary/aromatic N) is 2. The number of nitrogens with one attached hydrogen (secondary N) is 1. The molecule has 2 aromatic heterocycles. The third kappa shape index (κ3) is 1.49. The van der Waals surface area contributed by atoms with Gasteiger partial charge in [-0.15, -0.1) is 11.8 Å². The number of nitrogens with two attached hydrogens (primary N) is 1. The zero-order valence-electron chi connectivity index (χ0n) is 8.77. The second-order valence-electron chi connectivity index (χ2n) is 3.28. The van der Waals surface area contributed by atoms with Gasteiger partial charge in [0, 0.05) is 11.8 Å². The molecule has 0 saturated heterocycles. The Morgan fingerprint density at radius 2 is 2.31 bits per heavy atom. The third-order valence-electron chi connectivity index (χ3n) is 2.16. The molecule has 84 valence electrons. The monoisotopic (exact) mass is 238 g/mol. The highest BCUT2D eigenvalue weighted by Crippen LogP contribution is 2.20. The summed E-state index contributed by atoms with van der Waals surface area (Å²) >= 11 is 1.31. The summed E-state index contributed by atoms with van der Waals surface area (Å²) in [6.45, 7) is 1.69. The summed E-state index contributed by atoms with van der Waals surface area (Å²) in [5.41, 5.74) is 6.11. The molecule has 2 rings (SSSR count). The first kappa shape index (κ1) is 10.7. The van der Waals surface area contributed by atoms with Crippen molar-refractivity contribution in [2.75, 3.05) is 6.26 Å². The van der Waals surface area contributed by atoms with Crippen molar-refractivity contribution in [2.24, 2.45) is 5.73 Å². The minimum absolute atomic E-state index is 0.258. The van der Waals surface area contributed by atoms with Crippen molar-refractivity contribution in [3.05, 3.63) is 27.7 Å². The quantitative estimate of drug-likeness (QED) is 0.728. The summed E-state index contributed by atoms with van der Waals surface area (Å²) in [6, 6.07) is 1.39. The van der Waals surface area contributed by atoms with Crippen LogP contribution in [-0.4, -0.2) is 26.8 Å². The number of aromatic nitrogens is 3. The Labute approximate surface area is 94.8 Å². The molecular weight excluding hydrogens is 228 g/mol. The Morgan fingerprint density at radius 3 is 2.88 bits per heavy atom. The Kier molecular flexibility index (Phi) is 2.47. The van der Waals surface area contributed by atoms with Crippen LogP contribution in [0.5, 0.6) is 0 Å². The fraction of sp³-hybridized carbons (Fsp3) is 0.222. The van der Waals surface area contributed by atoms with Gasteiger partial charge < -0.3 is 5.73 Å². The molecule has 7 heteroatoms. The van der Waals surface area contributed by atoms with E-state index in [4.69, 9.17) is 5.73 Å². The number of amides is 1. The van der Waals surface area contributed by atoms with Crippen LogP contribution in [0.25, 0.3) is 5.65 Å². The second-order valence-corrected chi connectivity index (χ2v) is 4.10. The fourth-order valence-electron chi connectivity index (χ4n) is 1.50. The van der Waals surface area contributed by atoms with Crippen LogP contribution in [0.15, 0.2) is 15.9 Å². The van der Waals surface area contributed by atoms with Crippen LogP contribution in [0.1, 0.15) is 16.1 Å². The zero-order valence-corrected chi connectivity index (χ0v) is 9.59. The van der Waals surface area contributed by atoms with Gasteiger partial charge in [0.1, 0.15) is 10.6 Å². The number of carbonyl (C=O) groups is 1. The molecule has 0 bridgehead atoms. The largest absolute Gasteiger partial charge is 0.365 e. The number of rotatable bonds is 2. The SMILES string of the molecule is CSc1[nH]n2c(=O)cc(C)nc2c1C(N)=O. The minimum Gasteiger partial charge on any atom is -0.365 e. The summed E-state index contributed by atoms with van der Waals surface area (Å²) in [4.78, 5) is 27.1. The van der Waals surface area contributed by atoms with Crippen molar-refractivity contribution >= 4 is 23.3 Å². The molecule has 16 heavy (non-hydrogen) atoms. The van der Waals surface area contributed by atoms with E-state index in [-0.39, 0.29) is 16.8 Å². The number of primary amides is 1. The molecule has 0 atom stereocenters. The molecule has 0 saturated carbocycles. The summed E-state index contributed by atoms with van der Waals surface area (Å²) in [7, 11) is 0. The van der Waals surface area contributed by atoms with Crippen LogP contribution in [0, 0.1) is 6.92 Å². The third-order valence-corrected chi connectivity index (χ3v) is 2.87. The van der Waals surface area contributed by atoms with Crippen LogP contribution in [-0.2, 0) is 0 Å². The highest BCUT2D eigenvalue weighted by Gasteiger charge is 2.18. The normalized spacial score (nSPS) is 10.9. The predicted molar refractivity (Wildman–Crippen MR) is 60.8 cm³/mol. The highest BCUT2D eigenvalue weighted by atomic mass is 32.2. The molecular formula is C9H10N4O2S. The van der Waals surface area contributed by atoms with Gasteiger partial charge in [0.05, 0.1) is 0 Å². The summed E-state index contributed by atoms with van der Waals surface area (Å²) in [5, 5.41) is 3.34. The van der Waals surface area contributed by atoms with Gasteiger partial charge in [0.15, 0.2) is 5.65 Å². The van der Waals surface area contributed by atoms with E-state index in [1.54, 1.807) is 13.2 Å². The zero-order chi connectivity index (χ0) is 11.9. The van der Waals surface area contributed by atoms with Crippen LogP contribution >= 0.6 is 11.8 Å². The van der Waals surface area contributed by atoms with Gasteiger partial charge in [-0.3, -0.25) is 14.7 Å². The van der Waals surface area contributed by atoms with E-state index in [9.17, 15) is 9.59 Å². The number of carbonyl (C=O) groups excluding carboxylic acids is 1. The average Bonchev–Trinajstić information content (AvgIpc) is 2.56. The molecule has 0 radical (unpaired) electrons. The summed E-state index contributed by atoms with van der Waals surface area (Å²) < 4.78 is 1.22. The Morgan fingerprint density at radius 1 is 1.62 bits per heavy atom. The van der Waals surface area contributed by atoms with E-state index < -0.39 is 5.91 Å². The summed E-state index contributed by atoms with van der Waals surface area (Å²) in [6.07, 6.45) is 1.79. The number of hydrogen-bond donors (Lipinski definition) is 2. The maximum Gasteiger partial charge on any atom is 0.272 e. The van der Waals surface area contributed by atoms with E-state index in [0.29, 0.717) is 10.7 Å². The maximum atomic E-state index is 11.6. The molecule has 0 aromatic carbocycles. The molecule has 2 aromatic rings. The van der Waals surface area contributed by atoms with E-state index in [1.165, 1.54) is 22.3 Å². The lowest BCUT2D eigenvalue weighted by atomic mass is 10.3. The second kappa shape index (κ2) is 3.67. The summed E-state index contributed by atoms with van der Waals surface area (Å²) in [5.74, 6) is -0.597. The molecule has 6 nitrogen and oxygen atoms in total. The standard InChI is InChI=1S/C9H10N4O2S/c1-4-3-5(14)13-8(11-4)6(7(10)15)9(12-13)16-2/h3,12H,1-2H3,(H2,10,15). The van der Waals surface area contributed by atoms with Crippen molar-refractivity contribution in [3.63, 3.8) is 0 Å². The predicted octanol–water partition coefficient (Wildman–Crippen LogP) is 0.152. The molecule has 0 unspecified atom stereocenters. The van der Waals surface area contributed by atoms with Crippen LogP contribution in [0.2, 0.25) is 0 Å². The van der Waals surface area contributed by atoms with Gasteiger partial charge >= 0.3 is 0 Å². The lowest BCUT2D eigenvalue weighted by Crippen LogP contribution is -2.16. The number of thioether (sulfide) groups is 1. The van der Waals surface area contributed by atoms with Gasteiger partial charge in [0.2, 0.25) is 0 Å². The van der Waals surface area contributed by atoms with Crippen LogP contribution < -0.4 is 11.3 Å². The topological polar surface area (TPSA) is 93.2 Å². The Bertz CT molecular complexity index is 628. The molecule has 0 aliphatic carbocycles. The van der Waals surface area contributed by atoms with Crippen molar-refractivity contribution in [2.45, 2.75) is 11.9 Å². The number of H-pyrrole nitrogens is 1. The smallest absolute Gasteiger partial charge is 0.272 e. The molecule has 0 spiro atoms.